The van der Waals surface area contributed by atoms with Gasteiger partial charge in [-0.25, -0.2) is 15.0 Å². The van der Waals surface area contributed by atoms with Crippen LogP contribution >= 0.6 is 11.3 Å². The Labute approximate surface area is 177 Å². The van der Waals surface area contributed by atoms with E-state index >= 15 is 0 Å². The Morgan fingerprint density at radius 1 is 1.17 bits per heavy atom. The Hall–Kier alpha value is -3.78. The van der Waals surface area contributed by atoms with Crippen molar-refractivity contribution in [3.63, 3.8) is 0 Å². The number of hydrogen-bond acceptors (Lipinski definition) is 7. The van der Waals surface area contributed by atoms with Gasteiger partial charge < -0.3 is 14.4 Å². The zero-order valence-corrected chi connectivity index (χ0v) is 17.0. The lowest BCUT2D eigenvalue weighted by molar-refractivity contribution is 0.427. The van der Waals surface area contributed by atoms with E-state index in [1.807, 2.05) is 53.4 Å². The fourth-order valence-corrected chi connectivity index (χ4v) is 3.96. The predicted octanol–water partition coefficient (Wildman–Crippen LogP) is 4.97. The number of para-hydroxylation sites is 1. The van der Waals surface area contributed by atoms with Gasteiger partial charge in [0.15, 0.2) is 5.76 Å². The van der Waals surface area contributed by atoms with Gasteiger partial charge >= 0.3 is 0 Å². The highest BCUT2D eigenvalue weighted by Crippen LogP contribution is 2.33. The second-order valence-corrected chi connectivity index (χ2v) is 7.67. The molecule has 0 saturated carbocycles. The standard InChI is InChI=1S/C22H18N6OS/c1-15-11-19(29-27-15)17-13-25-22(26-21(17)20-7-4-10-30-20)24-12-16-5-2-3-6-18(16)28-9-8-23-14-28/h2-11,13-14H,12H2,1H3,(H,24,25,26). The lowest BCUT2D eigenvalue weighted by atomic mass is 10.1. The quantitative estimate of drug-likeness (QED) is 0.423. The van der Waals surface area contributed by atoms with Crippen molar-refractivity contribution in [2.24, 2.45) is 0 Å². The Balaban J connectivity index is 1.46. The molecular weight excluding hydrogens is 396 g/mol. The number of imidazole rings is 1. The summed E-state index contributed by atoms with van der Waals surface area (Å²) < 4.78 is 7.45. The van der Waals surface area contributed by atoms with Crippen molar-refractivity contribution in [1.29, 1.82) is 0 Å². The number of rotatable bonds is 6. The van der Waals surface area contributed by atoms with Crippen LogP contribution in [0.5, 0.6) is 0 Å². The third kappa shape index (κ3) is 3.60. The highest BCUT2D eigenvalue weighted by atomic mass is 32.1. The SMILES string of the molecule is Cc1cc(-c2cnc(NCc3ccccc3-n3ccnc3)nc2-c2cccs2)on1. The molecule has 0 amide bonds. The van der Waals surface area contributed by atoms with E-state index < -0.39 is 0 Å². The van der Waals surface area contributed by atoms with E-state index in [0.717, 1.165) is 33.1 Å². The number of nitrogens with zero attached hydrogens (tertiary/aromatic N) is 5. The van der Waals surface area contributed by atoms with Gasteiger partial charge in [-0.2, -0.15) is 0 Å². The molecule has 7 nitrogen and oxygen atoms in total. The van der Waals surface area contributed by atoms with E-state index in [-0.39, 0.29) is 0 Å². The highest BCUT2D eigenvalue weighted by molar-refractivity contribution is 7.13. The molecular formula is C22H18N6OS. The van der Waals surface area contributed by atoms with E-state index in [4.69, 9.17) is 9.51 Å². The lowest BCUT2D eigenvalue weighted by Gasteiger charge is -2.12. The van der Waals surface area contributed by atoms with Crippen molar-refractivity contribution in [1.82, 2.24) is 24.7 Å². The van der Waals surface area contributed by atoms with Crippen LogP contribution in [-0.2, 0) is 6.54 Å². The van der Waals surface area contributed by atoms with Crippen molar-refractivity contribution in [3.8, 4) is 27.6 Å². The van der Waals surface area contributed by atoms with Gasteiger partial charge in [-0.15, -0.1) is 11.3 Å². The van der Waals surface area contributed by atoms with Crippen molar-refractivity contribution < 1.29 is 4.52 Å². The summed E-state index contributed by atoms with van der Waals surface area (Å²) in [6.45, 7) is 2.48. The first-order valence-corrected chi connectivity index (χ1v) is 10.3. The van der Waals surface area contributed by atoms with Crippen LogP contribution in [0, 0.1) is 6.92 Å². The van der Waals surface area contributed by atoms with Gasteiger partial charge in [0, 0.05) is 31.2 Å². The molecule has 30 heavy (non-hydrogen) atoms. The van der Waals surface area contributed by atoms with Crippen LogP contribution < -0.4 is 5.32 Å². The molecule has 148 valence electrons. The summed E-state index contributed by atoms with van der Waals surface area (Å²) in [5, 5.41) is 9.38. The minimum atomic E-state index is 0.554. The number of hydrogen-bond donors (Lipinski definition) is 1. The smallest absolute Gasteiger partial charge is 0.223 e. The average molecular weight is 414 g/mol. The first-order chi connectivity index (χ1) is 14.8. The maximum Gasteiger partial charge on any atom is 0.223 e. The Kier molecular flexibility index (Phi) is 4.82. The third-order valence-corrected chi connectivity index (χ3v) is 5.52. The molecule has 0 aliphatic heterocycles. The van der Waals surface area contributed by atoms with Crippen LogP contribution in [0.15, 0.2) is 77.3 Å². The molecule has 0 aliphatic rings. The second kappa shape index (κ2) is 7.92. The minimum absolute atomic E-state index is 0.554. The van der Waals surface area contributed by atoms with Gasteiger partial charge in [0.05, 0.1) is 33.8 Å². The van der Waals surface area contributed by atoms with Crippen LogP contribution in [0.3, 0.4) is 0 Å². The molecule has 0 saturated heterocycles. The van der Waals surface area contributed by atoms with Crippen LogP contribution in [0.1, 0.15) is 11.3 Å². The van der Waals surface area contributed by atoms with Crippen LogP contribution in [-0.4, -0.2) is 24.7 Å². The van der Waals surface area contributed by atoms with E-state index in [2.05, 4.69) is 32.6 Å². The zero-order chi connectivity index (χ0) is 20.3. The fourth-order valence-electron chi connectivity index (χ4n) is 3.23. The molecule has 5 rings (SSSR count). The Bertz CT molecular complexity index is 1260. The van der Waals surface area contributed by atoms with Crippen molar-refractivity contribution >= 4 is 17.3 Å². The van der Waals surface area contributed by atoms with Crippen LogP contribution in [0.2, 0.25) is 0 Å². The normalized spacial score (nSPS) is 11.0. The first-order valence-electron chi connectivity index (χ1n) is 9.42. The maximum atomic E-state index is 5.46. The zero-order valence-electron chi connectivity index (χ0n) is 16.2. The molecule has 8 heteroatoms. The largest absolute Gasteiger partial charge is 0.356 e. The number of thiophene rings is 1. The van der Waals surface area contributed by atoms with Gasteiger partial charge in [0.2, 0.25) is 5.95 Å². The molecule has 0 atom stereocenters. The summed E-state index contributed by atoms with van der Waals surface area (Å²) in [5.74, 6) is 1.21. The minimum Gasteiger partial charge on any atom is -0.356 e. The fraction of sp³-hybridized carbons (Fsp3) is 0.0909. The second-order valence-electron chi connectivity index (χ2n) is 6.72. The number of benzene rings is 1. The van der Waals surface area contributed by atoms with E-state index in [9.17, 15) is 0 Å². The van der Waals surface area contributed by atoms with E-state index in [1.165, 1.54) is 0 Å². The Morgan fingerprint density at radius 2 is 2.10 bits per heavy atom. The van der Waals surface area contributed by atoms with Crippen LogP contribution in [0.25, 0.3) is 27.6 Å². The summed E-state index contributed by atoms with van der Waals surface area (Å²) in [4.78, 5) is 14.5. The molecule has 1 N–H and O–H groups in total. The average Bonchev–Trinajstić information content (AvgIpc) is 3.55. The molecule has 0 aliphatic carbocycles. The molecule has 4 heterocycles. The topological polar surface area (TPSA) is 81.7 Å². The molecule has 0 fully saturated rings. The summed E-state index contributed by atoms with van der Waals surface area (Å²) in [6.07, 6.45) is 7.27. The summed E-state index contributed by atoms with van der Waals surface area (Å²) in [7, 11) is 0. The summed E-state index contributed by atoms with van der Waals surface area (Å²) in [6, 6.07) is 14.1. The summed E-state index contributed by atoms with van der Waals surface area (Å²) >= 11 is 1.63. The molecule has 0 unspecified atom stereocenters. The third-order valence-electron chi connectivity index (χ3n) is 4.65. The van der Waals surface area contributed by atoms with Gasteiger partial charge in [-0.1, -0.05) is 29.4 Å². The molecule has 0 bridgehead atoms. The van der Waals surface area contributed by atoms with Gasteiger partial charge in [0.1, 0.15) is 0 Å². The Morgan fingerprint density at radius 3 is 2.87 bits per heavy atom. The van der Waals surface area contributed by atoms with Crippen LogP contribution in [0.4, 0.5) is 5.95 Å². The first kappa shape index (κ1) is 18.3. The summed E-state index contributed by atoms with van der Waals surface area (Å²) in [5.41, 5.74) is 4.64. The van der Waals surface area contributed by atoms with E-state index in [0.29, 0.717) is 18.3 Å². The van der Waals surface area contributed by atoms with Gasteiger partial charge in [-0.3, -0.25) is 0 Å². The van der Waals surface area contributed by atoms with Crippen molar-refractivity contribution in [2.75, 3.05) is 5.32 Å². The van der Waals surface area contributed by atoms with E-state index in [1.54, 1.807) is 30.1 Å². The lowest BCUT2D eigenvalue weighted by Crippen LogP contribution is -2.07. The number of nitrogens with one attached hydrogen (secondary N) is 1. The molecule has 0 radical (unpaired) electrons. The number of aromatic nitrogens is 5. The van der Waals surface area contributed by atoms with Gasteiger partial charge in [0.25, 0.3) is 0 Å². The van der Waals surface area contributed by atoms with Gasteiger partial charge in [-0.05, 0) is 30.0 Å². The number of aryl methyl sites for hydroxylation is 1. The monoisotopic (exact) mass is 414 g/mol. The predicted molar refractivity (Wildman–Crippen MR) is 116 cm³/mol. The molecule has 1 aromatic carbocycles. The molecule has 0 spiro atoms. The maximum absolute atomic E-state index is 5.46. The molecule has 5 aromatic rings. The van der Waals surface area contributed by atoms with Crippen molar-refractivity contribution in [3.05, 3.63) is 84.0 Å². The highest BCUT2D eigenvalue weighted by Gasteiger charge is 2.16. The molecule has 4 aromatic heterocycles. The van der Waals surface area contributed by atoms with Crippen molar-refractivity contribution in [2.45, 2.75) is 13.5 Å². The number of anilines is 1.